The highest BCUT2D eigenvalue weighted by Gasteiger charge is 2.18. The monoisotopic (exact) mass is 309 g/mol. The molecule has 0 aromatic heterocycles. The van der Waals surface area contributed by atoms with Crippen LogP contribution in [0.4, 0.5) is 0 Å². The molecule has 0 unspecified atom stereocenters. The van der Waals surface area contributed by atoms with Crippen molar-refractivity contribution in [3.05, 3.63) is 23.9 Å². The SMILES string of the molecule is C=C1CN(CCN(C)C)CCC1=NC(C)=CCC.CC.CC. The highest BCUT2D eigenvalue weighted by atomic mass is 15.2. The van der Waals surface area contributed by atoms with Crippen molar-refractivity contribution < 1.29 is 0 Å². The second kappa shape index (κ2) is 15.0. The van der Waals surface area contributed by atoms with Gasteiger partial charge < -0.3 is 4.90 Å². The minimum absolute atomic E-state index is 0.964. The van der Waals surface area contributed by atoms with Crippen molar-refractivity contribution in [2.45, 2.75) is 54.4 Å². The molecule has 0 saturated carbocycles. The number of rotatable bonds is 5. The Morgan fingerprint density at radius 3 is 2.32 bits per heavy atom. The molecule has 0 spiro atoms. The summed E-state index contributed by atoms with van der Waals surface area (Å²) in [6, 6.07) is 0. The standard InChI is InChI=1S/C15H27N3.2C2H6/c1-6-7-14(3)16-15-8-9-18(12-13(15)2)11-10-17(4)5;2*1-2/h7H,2,6,8-12H2,1,3-5H3;2*1-2H3. The molecule has 0 aromatic carbocycles. The highest BCUT2D eigenvalue weighted by molar-refractivity contribution is 6.01. The molecular formula is C19H39N3. The number of nitrogens with zero attached hydrogens (tertiary/aromatic N) is 3. The van der Waals surface area contributed by atoms with Gasteiger partial charge in [0, 0.05) is 44.0 Å². The fourth-order valence-electron chi connectivity index (χ4n) is 2.10. The van der Waals surface area contributed by atoms with Gasteiger partial charge in [0.15, 0.2) is 0 Å². The first-order valence-corrected chi connectivity index (χ1v) is 8.82. The van der Waals surface area contributed by atoms with E-state index in [-0.39, 0.29) is 0 Å². The third-order valence-corrected chi connectivity index (χ3v) is 3.16. The molecule has 1 heterocycles. The van der Waals surface area contributed by atoms with Crippen molar-refractivity contribution in [1.82, 2.24) is 9.80 Å². The number of allylic oxidation sites excluding steroid dienone is 2. The minimum Gasteiger partial charge on any atom is -0.308 e. The van der Waals surface area contributed by atoms with E-state index in [1.54, 1.807) is 0 Å². The largest absolute Gasteiger partial charge is 0.308 e. The molecule has 0 bridgehead atoms. The summed E-state index contributed by atoms with van der Waals surface area (Å²) in [7, 11) is 4.23. The Hall–Kier alpha value is -0.930. The molecule has 1 fully saturated rings. The second-order valence-electron chi connectivity index (χ2n) is 5.25. The Morgan fingerprint density at radius 2 is 1.86 bits per heavy atom. The van der Waals surface area contributed by atoms with Crippen LogP contribution < -0.4 is 0 Å². The summed E-state index contributed by atoms with van der Waals surface area (Å²) < 4.78 is 0. The van der Waals surface area contributed by atoms with E-state index in [1.165, 1.54) is 11.3 Å². The Kier molecular flexibility index (Phi) is 15.9. The summed E-state index contributed by atoms with van der Waals surface area (Å²) in [5.41, 5.74) is 3.50. The fraction of sp³-hybridized carbons (Fsp3) is 0.737. The molecule has 0 aliphatic carbocycles. The van der Waals surface area contributed by atoms with Gasteiger partial charge >= 0.3 is 0 Å². The number of aliphatic imine (C=N–C) groups is 1. The van der Waals surface area contributed by atoms with Crippen LogP contribution in [0.3, 0.4) is 0 Å². The topological polar surface area (TPSA) is 18.8 Å². The average Bonchev–Trinajstić information content (AvgIpc) is 2.52. The van der Waals surface area contributed by atoms with Crippen LogP contribution >= 0.6 is 0 Å². The van der Waals surface area contributed by atoms with Crippen molar-refractivity contribution >= 4 is 5.71 Å². The van der Waals surface area contributed by atoms with Gasteiger partial charge in [-0.1, -0.05) is 47.3 Å². The van der Waals surface area contributed by atoms with E-state index in [0.29, 0.717) is 0 Å². The number of hydrogen-bond acceptors (Lipinski definition) is 3. The number of likely N-dealkylation sites (tertiary alicyclic amines) is 1. The number of piperidine rings is 1. The van der Waals surface area contributed by atoms with Crippen LogP contribution in [0.5, 0.6) is 0 Å². The third kappa shape index (κ3) is 10.7. The maximum absolute atomic E-state index is 4.68. The molecule has 0 radical (unpaired) electrons. The smallest absolute Gasteiger partial charge is 0.0458 e. The molecule has 0 amide bonds. The third-order valence-electron chi connectivity index (χ3n) is 3.16. The first-order chi connectivity index (χ1) is 10.5. The summed E-state index contributed by atoms with van der Waals surface area (Å²) in [4.78, 5) is 9.36. The lowest BCUT2D eigenvalue weighted by Crippen LogP contribution is -2.39. The van der Waals surface area contributed by atoms with Crippen molar-refractivity contribution in [2.75, 3.05) is 40.3 Å². The first-order valence-electron chi connectivity index (χ1n) is 8.82. The lowest BCUT2D eigenvalue weighted by molar-refractivity contribution is 0.258. The molecule has 1 aliphatic rings. The van der Waals surface area contributed by atoms with Crippen LogP contribution in [-0.4, -0.2) is 55.8 Å². The van der Waals surface area contributed by atoms with Crippen LogP contribution in [0.15, 0.2) is 28.9 Å². The van der Waals surface area contributed by atoms with Crippen molar-refractivity contribution in [2.24, 2.45) is 4.99 Å². The van der Waals surface area contributed by atoms with Gasteiger partial charge in [-0.05, 0) is 33.0 Å². The van der Waals surface area contributed by atoms with Crippen LogP contribution in [0.25, 0.3) is 0 Å². The zero-order chi connectivity index (χ0) is 17.5. The molecule has 1 aliphatic heterocycles. The molecule has 130 valence electrons. The number of likely N-dealkylation sites (N-methyl/N-ethyl adjacent to an activating group) is 1. The van der Waals surface area contributed by atoms with Crippen LogP contribution in [0.1, 0.15) is 54.4 Å². The molecule has 0 aromatic rings. The van der Waals surface area contributed by atoms with Crippen molar-refractivity contribution in [3.8, 4) is 0 Å². The van der Waals surface area contributed by atoms with E-state index in [1.807, 2.05) is 27.7 Å². The quantitative estimate of drug-likeness (QED) is 0.738. The molecule has 0 N–H and O–H groups in total. The Labute approximate surface area is 139 Å². The normalized spacial score (nSPS) is 17.8. The Bertz CT molecular complexity index is 341. The van der Waals surface area contributed by atoms with Gasteiger partial charge in [-0.2, -0.15) is 0 Å². The van der Waals surface area contributed by atoms with Crippen molar-refractivity contribution in [1.29, 1.82) is 0 Å². The molecule has 1 saturated heterocycles. The summed E-state index contributed by atoms with van der Waals surface area (Å²) in [5, 5.41) is 0. The zero-order valence-corrected chi connectivity index (χ0v) is 16.4. The van der Waals surface area contributed by atoms with Gasteiger partial charge in [0.1, 0.15) is 0 Å². The van der Waals surface area contributed by atoms with Gasteiger partial charge in [-0.15, -0.1) is 0 Å². The summed E-state index contributed by atoms with van der Waals surface area (Å²) in [6.07, 6.45) is 4.24. The van der Waals surface area contributed by atoms with E-state index < -0.39 is 0 Å². The maximum Gasteiger partial charge on any atom is 0.0458 e. The maximum atomic E-state index is 4.68. The van der Waals surface area contributed by atoms with Gasteiger partial charge in [0.2, 0.25) is 0 Å². The lowest BCUT2D eigenvalue weighted by atomic mass is 10.0. The van der Waals surface area contributed by atoms with Crippen LogP contribution in [0, 0.1) is 0 Å². The summed E-state index contributed by atoms with van der Waals surface area (Å²) in [6.45, 7) is 20.7. The van der Waals surface area contributed by atoms with Gasteiger partial charge in [-0.25, -0.2) is 0 Å². The molecule has 3 heteroatoms. The average molecular weight is 310 g/mol. The zero-order valence-electron chi connectivity index (χ0n) is 16.4. The van der Waals surface area contributed by atoms with E-state index in [4.69, 9.17) is 0 Å². The number of hydrogen-bond donors (Lipinski definition) is 0. The molecular weight excluding hydrogens is 270 g/mol. The van der Waals surface area contributed by atoms with Gasteiger partial charge in [-0.3, -0.25) is 9.89 Å². The van der Waals surface area contributed by atoms with Crippen molar-refractivity contribution in [3.63, 3.8) is 0 Å². The lowest BCUT2D eigenvalue weighted by Gasteiger charge is -2.30. The first kappa shape index (κ1) is 23.3. The van der Waals surface area contributed by atoms with E-state index in [2.05, 4.69) is 55.4 Å². The predicted octanol–water partition coefficient (Wildman–Crippen LogP) is 4.62. The van der Waals surface area contributed by atoms with E-state index >= 15 is 0 Å². The fourth-order valence-corrected chi connectivity index (χ4v) is 2.10. The highest BCUT2D eigenvalue weighted by Crippen LogP contribution is 2.14. The summed E-state index contributed by atoms with van der Waals surface area (Å²) in [5.74, 6) is 0. The van der Waals surface area contributed by atoms with E-state index in [9.17, 15) is 0 Å². The van der Waals surface area contributed by atoms with Crippen LogP contribution in [0.2, 0.25) is 0 Å². The Morgan fingerprint density at radius 1 is 1.27 bits per heavy atom. The molecule has 0 atom stereocenters. The minimum atomic E-state index is 0.964. The van der Waals surface area contributed by atoms with Gasteiger partial charge in [0.25, 0.3) is 0 Å². The molecule has 3 nitrogen and oxygen atoms in total. The molecule has 1 rings (SSSR count). The predicted molar refractivity (Wildman–Crippen MR) is 103 cm³/mol. The second-order valence-corrected chi connectivity index (χ2v) is 5.25. The van der Waals surface area contributed by atoms with Gasteiger partial charge in [0.05, 0.1) is 0 Å². The molecule has 22 heavy (non-hydrogen) atoms. The Balaban J connectivity index is 0. The van der Waals surface area contributed by atoms with E-state index in [0.717, 1.165) is 44.7 Å². The van der Waals surface area contributed by atoms with Crippen LogP contribution in [-0.2, 0) is 0 Å². The summed E-state index contributed by atoms with van der Waals surface area (Å²) >= 11 is 0.